The van der Waals surface area contributed by atoms with Crippen molar-refractivity contribution in [3.63, 3.8) is 0 Å². The molecule has 2 saturated carbocycles. The Hall–Kier alpha value is -1.62. The topological polar surface area (TPSA) is 49.4 Å². The summed E-state index contributed by atoms with van der Waals surface area (Å²) in [7, 11) is 0. The number of nitrogens with zero attached hydrogens (tertiary/aromatic N) is 1. The molecule has 0 saturated heterocycles. The van der Waals surface area contributed by atoms with E-state index < -0.39 is 5.82 Å². The summed E-state index contributed by atoms with van der Waals surface area (Å²) in [5.41, 5.74) is 0.357. The molecule has 130 valence electrons. The molecule has 2 fully saturated rings. The van der Waals surface area contributed by atoms with Gasteiger partial charge in [0.05, 0.1) is 6.54 Å². The van der Waals surface area contributed by atoms with E-state index in [9.17, 15) is 14.0 Å². The van der Waals surface area contributed by atoms with Crippen molar-refractivity contribution in [3.05, 3.63) is 34.6 Å². The molecular formula is C18H22ClFN2O2. The zero-order valence-corrected chi connectivity index (χ0v) is 14.5. The third-order valence-electron chi connectivity index (χ3n) is 4.78. The lowest BCUT2D eigenvalue weighted by Gasteiger charge is -2.23. The van der Waals surface area contributed by atoms with Gasteiger partial charge in [-0.15, -0.1) is 0 Å². The monoisotopic (exact) mass is 352 g/mol. The van der Waals surface area contributed by atoms with E-state index in [-0.39, 0.29) is 36.7 Å². The molecule has 3 rings (SSSR count). The zero-order chi connectivity index (χ0) is 17.3. The molecule has 2 atom stereocenters. The average molecular weight is 353 g/mol. The molecular weight excluding hydrogens is 331 g/mol. The number of hydrogen-bond acceptors (Lipinski definition) is 2. The molecule has 24 heavy (non-hydrogen) atoms. The van der Waals surface area contributed by atoms with E-state index in [0.29, 0.717) is 23.0 Å². The van der Waals surface area contributed by atoms with Gasteiger partial charge in [0.15, 0.2) is 0 Å². The average Bonchev–Trinajstić information content (AvgIpc) is 3.43. The molecule has 0 unspecified atom stereocenters. The number of carbonyl (C=O) groups excluding carboxylic acids is 2. The standard InChI is InChI=1S/C18H22ClFN2O2/c1-11-9-13(11)18(24)21-8-7-17(23)22(12-5-6-12)10-14-15(19)3-2-4-16(14)20/h2-4,11-13H,5-10H2,1H3,(H,21,24)/t11-,13-/m0/s1. The van der Waals surface area contributed by atoms with Gasteiger partial charge in [0.1, 0.15) is 5.82 Å². The summed E-state index contributed by atoms with van der Waals surface area (Å²) in [4.78, 5) is 26.0. The van der Waals surface area contributed by atoms with Crippen molar-refractivity contribution in [1.29, 1.82) is 0 Å². The molecule has 0 heterocycles. The first-order chi connectivity index (χ1) is 11.5. The lowest BCUT2D eigenvalue weighted by molar-refractivity contribution is -0.132. The Labute approximate surface area is 146 Å². The molecule has 4 nitrogen and oxygen atoms in total. The van der Waals surface area contributed by atoms with Crippen molar-refractivity contribution < 1.29 is 14.0 Å². The van der Waals surface area contributed by atoms with Crippen molar-refractivity contribution in [2.45, 2.75) is 45.2 Å². The summed E-state index contributed by atoms with van der Waals surface area (Å²) in [6, 6.07) is 4.70. The minimum atomic E-state index is -0.392. The van der Waals surface area contributed by atoms with E-state index >= 15 is 0 Å². The van der Waals surface area contributed by atoms with Gasteiger partial charge in [-0.05, 0) is 37.3 Å². The third kappa shape index (κ3) is 4.07. The molecule has 0 aliphatic heterocycles. The fraction of sp³-hybridized carbons (Fsp3) is 0.556. The van der Waals surface area contributed by atoms with Crippen molar-refractivity contribution >= 4 is 23.4 Å². The van der Waals surface area contributed by atoms with Gasteiger partial charge >= 0.3 is 0 Å². The van der Waals surface area contributed by atoms with Gasteiger partial charge in [0.2, 0.25) is 11.8 Å². The minimum absolute atomic E-state index is 0.0328. The quantitative estimate of drug-likeness (QED) is 0.819. The van der Waals surface area contributed by atoms with Gasteiger partial charge in [-0.1, -0.05) is 24.6 Å². The van der Waals surface area contributed by atoms with Crippen LogP contribution in [-0.4, -0.2) is 29.3 Å². The number of nitrogens with one attached hydrogen (secondary N) is 1. The maximum atomic E-state index is 14.0. The maximum absolute atomic E-state index is 14.0. The summed E-state index contributed by atoms with van der Waals surface area (Å²) in [6.45, 7) is 2.56. The normalized spacial score (nSPS) is 22.1. The van der Waals surface area contributed by atoms with Crippen LogP contribution in [0.1, 0.15) is 38.2 Å². The Balaban J connectivity index is 1.55. The van der Waals surface area contributed by atoms with Crippen molar-refractivity contribution in [2.75, 3.05) is 6.54 Å². The van der Waals surface area contributed by atoms with Crippen LogP contribution in [-0.2, 0) is 16.1 Å². The molecule has 0 spiro atoms. The second-order valence-corrected chi connectivity index (χ2v) is 7.22. The molecule has 1 aromatic carbocycles. The Morgan fingerprint density at radius 2 is 2.08 bits per heavy atom. The van der Waals surface area contributed by atoms with Crippen molar-refractivity contribution in [3.8, 4) is 0 Å². The van der Waals surface area contributed by atoms with Crippen molar-refractivity contribution in [1.82, 2.24) is 10.2 Å². The summed E-state index contributed by atoms with van der Waals surface area (Å²) in [6.07, 6.45) is 3.03. The van der Waals surface area contributed by atoms with Crippen LogP contribution in [0.2, 0.25) is 5.02 Å². The van der Waals surface area contributed by atoms with Gasteiger partial charge < -0.3 is 10.2 Å². The first kappa shape index (κ1) is 17.2. The number of amides is 2. The molecule has 0 aromatic heterocycles. The molecule has 1 N–H and O–H groups in total. The molecule has 2 aliphatic rings. The Morgan fingerprint density at radius 3 is 2.67 bits per heavy atom. The van der Waals surface area contributed by atoms with Crippen LogP contribution in [0.4, 0.5) is 4.39 Å². The van der Waals surface area contributed by atoms with Crippen LogP contribution in [0.25, 0.3) is 0 Å². The van der Waals surface area contributed by atoms with E-state index in [4.69, 9.17) is 11.6 Å². The third-order valence-corrected chi connectivity index (χ3v) is 5.14. The SMILES string of the molecule is C[C@H]1C[C@@H]1C(=O)NCCC(=O)N(Cc1c(F)cccc1Cl)C1CC1. The number of halogens is 2. The maximum Gasteiger partial charge on any atom is 0.224 e. The molecule has 0 bridgehead atoms. The summed E-state index contributed by atoms with van der Waals surface area (Å²) < 4.78 is 14.0. The molecule has 6 heteroatoms. The number of rotatable bonds is 7. The lowest BCUT2D eigenvalue weighted by Crippen LogP contribution is -2.36. The first-order valence-electron chi connectivity index (χ1n) is 8.47. The minimum Gasteiger partial charge on any atom is -0.355 e. The van der Waals surface area contributed by atoms with Crippen LogP contribution in [0, 0.1) is 17.7 Å². The predicted molar refractivity (Wildman–Crippen MR) is 89.9 cm³/mol. The van der Waals surface area contributed by atoms with E-state index in [2.05, 4.69) is 5.32 Å². The molecule has 2 aliphatic carbocycles. The van der Waals surface area contributed by atoms with E-state index in [1.807, 2.05) is 6.92 Å². The number of hydrogen-bond donors (Lipinski definition) is 1. The lowest BCUT2D eigenvalue weighted by atomic mass is 10.2. The second-order valence-electron chi connectivity index (χ2n) is 6.81. The van der Waals surface area contributed by atoms with Gasteiger partial charge in [-0.25, -0.2) is 4.39 Å². The highest BCUT2D eigenvalue weighted by Gasteiger charge is 2.39. The fourth-order valence-electron chi connectivity index (χ4n) is 2.92. The van der Waals surface area contributed by atoms with Crippen LogP contribution in [0.5, 0.6) is 0 Å². The fourth-order valence-corrected chi connectivity index (χ4v) is 3.14. The van der Waals surface area contributed by atoms with E-state index in [1.54, 1.807) is 17.0 Å². The highest BCUT2D eigenvalue weighted by molar-refractivity contribution is 6.31. The molecule has 0 radical (unpaired) electrons. The Morgan fingerprint density at radius 1 is 1.38 bits per heavy atom. The smallest absolute Gasteiger partial charge is 0.224 e. The Bertz CT molecular complexity index is 628. The van der Waals surface area contributed by atoms with E-state index in [0.717, 1.165) is 19.3 Å². The van der Waals surface area contributed by atoms with Crippen LogP contribution in [0.3, 0.4) is 0 Å². The van der Waals surface area contributed by atoms with Crippen molar-refractivity contribution in [2.24, 2.45) is 11.8 Å². The van der Waals surface area contributed by atoms with Gasteiger partial charge in [0.25, 0.3) is 0 Å². The predicted octanol–water partition coefficient (Wildman–Crippen LogP) is 3.13. The summed E-state index contributed by atoms with van der Waals surface area (Å²) >= 11 is 6.07. The largest absolute Gasteiger partial charge is 0.355 e. The van der Waals surface area contributed by atoms with Crippen LogP contribution in [0.15, 0.2) is 18.2 Å². The molecule has 2 amide bonds. The second kappa shape index (κ2) is 7.09. The van der Waals surface area contributed by atoms with Gasteiger partial charge in [0, 0.05) is 35.5 Å². The van der Waals surface area contributed by atoms with Gasteiger partial charge in [-0.2, -0.15) is 0 Å². The van der Waals surface area contributed by atoms with Crippen LogP contribution < -0.4 is 5.32 Å². The van der Waals surface area contributed by atoms with Crippen LogP contribution >= 0.6 is 11.6 Å². The zero-order valence-electron chi connectivity index (χ0n) is 13.7. The molecule has 1 aromatic rings. The van der Waals surface area contributed by atoms with E-state index in [1.165, 1.54) is 6.07 Å². The number of benzene rings is 1. The summed E-state index contributed by atoms with van der Waals surface area (Å²) in [5, 5.41) is 3.16. The summed E-state index contributed by atoms with van der Waals surface area (Å²) in [5.74, 6) is 0.132. The number of carbonyl (C=O) groups is 2. The highest BCUT2D eigenvalue weighted by Crippen LogP contribution is 2.37. The highest BCUT2D eigenvalue weighted by atomic mass is 35.5. The Kier molecular flexibility index (Phi) is 5.09. The van der Waals surface area contributed by atoms with Gasteiger partial charge in [-0.3, -0.25) is 9.59 Å². The first-order valence-corrected chi connectivity index (χ1v) is 8.85.